The van der Waals surface area contributed by atoms with Gasteiger partial charge in [0.1, 0.15) is 4.47 Å². The van der Waals surface area contributed by atoms with Crippen LogP contribution in [-0.2, 0) is 0 Å². The van der Waals surface area contributed by atoms with Gasteiger partial charge in [-0.2, -0.15) is 0 Å². The van der Waals surface area contributed by atoms with E-state index in [1.54, 1.807) is 18.0 Å². The number of carbonyl (C=O) groups is 1. The molecule has 1 aromatic carbocycles. The summed E-state index contributed by atoms with van der Waals surface area (Å²) >= 11 is 3.15. The summed E-state index contributed by atoms with van der Waals surface area (Å²) < 4.78 is 0.256. The molecule has 96 valence electrons. The highest BCUT2D eigenvalue weighted by Gasteiger charge is 2.28. The fraction of sp³-hybridized carbons (Fsp3) is 0.417. The zero-order valence-electron chi connectivity index (χ0n) is 9.93. The third-order valence-electron chi connectivity index (χ3n) is 3.35. The molecule has 0 unspecified atom stereocenters. The lowest BCUT2D eigenvalue weighted by Gasteiger charge is -2.34. The predicted octanol–water partition coefficient (Wildman–Crippen LogP) is 2.98. The number of hydrogen-bond acceptors (Lipinski definition) is 3. The minimum Gasteiger partial charge on any atom is -0.339 e. The van der Waals surface area contributed by atoms with Crippen molar-refractivity contribution < 1.29 is 9.72 Å². The summed E-state index contributed by atoms with van der Waals surface area (Å²) in [5, 5.41) is 10.8. The molecule has 0 saturated heterocycles. The van der Waals surface area contributed by atoms with Crippen molar-refractivity contribution in [2.75, 3.05) is 7.05 Å². The van der Waals surface area contributed by atoms with Gasteiger partial charge >= 0.3 is 0 Å². The molecule has 0 N–H and O–H groups in total. The highest BCUT2D eigenvalue weighted by atomic mass is 79.9. The van der Waals surface area contributed by atoms with E-state index in [2.05, 4.69) is 15.9 Å². The van der Waals surface area contributed by atoms with E-state index in [0.717, 1.165) is 19.3 Å². The van der Waals surface area contributed by atoms with Gasteiger partial charge in [0, 0.05) is 19.2 Å². The monoisotopic (exact) mass is 312 g/mol. The molecule has 1 aliphatic rings. The molecule has 0 radical (unpaired) electrons. The van der Waals surface area contributed by atoms with Gasteiger partial charge in [0.2, 0.25) is 0 Å². The van der Waals surface area contributed by atoms with Crippen LogP contribution < -0.4 is 0 Å². The van der Waals surface area contributed by atoms with Crippen molar-refractivity contribution >= 4 is 27.5 Å². The van der Waals surface area contributed by atoms with Crippen LogP contribution in [0.3, 0.4) is 0 Å². The maximum Gasteiger partial charge on any atom is 0.284 e. The zero-order valence-corrected chi connectivity index (χ0v) is 11.5. The van der Waals surface area contributed by atoms with Crippen molar-refractivity contribution in [3.8, 4) is 0 Å². The fourth-order valence-corrected chi connectivity index (χ4v) is 2.53. The van der Waals surface area contributed by atoms with Gasteiger partial charge in [-0.3, -0.25) is 14.9 Å². The van der Waals surface area contributed by atoms with Crippen LogP contribution in [0.25, 0.3) is 0 Å². The van der Waals surface area contributed by atoms with Crippen LogP contribution in [-0.4, -0.2) is 28.8 Å². The van der Waals surface area contributed by atoms with Crippen molar-refractivity contribution in [2.45, 2.75) is 25.3 Å². The standard InChI is InChI=1S/C12H13BrN2O3/c1-14(8-4-2-5-8)12(16)9-6-3-7-10(11(9)13)15(17)18/h3,6-8H,2,4-5H2,1H3. The Labute approximate surface area is 113 Å². The zero-order chi connectivity index (χ0) is 13.3. The molecule has 1 saturated carbocycles. The van der Waals surface area contributed by atoms with Gasteiger partial charge < -0.3 is 4.90 Å². The molecular weight excluding hydrogens is 300 g/mol. The molecule has 0 aromatic heterocycles. The number of nitro groups is 1. The number of amides is 1. The minimum atomic E-state index is -0.496. The molecule has 0 aliphatic heterocycles. The Hall–Kier alpha value is -1.43. The molecule has 6 heteroatoms. The van der Waals surface area contributed by atoms with Crippen LogP contribution in [0.15, 0.2) is 22.7 Å². The Morgan fingerprint density at radius 3 is 2.67 bits per heavy atom. The van der Waals surface area contributed by atoms with Crippen molar-refractivity contribution in [3.63, 3.8) is 0 Å². The topological polar surface area (TPSA) is 63.5 Å². The first-order valence-electron chi connectivity index (χ1n) is 5.72. The van der Waals surface area contributed by atoms with Gasteiger partial charge in [-0.05, 0) is 41.3 Å². The van der Waals surface area contributed by atoms with Crippen molar-refractivity contribution in [3.05, 3.63) is 38.3 Å². The van der Waals surface area contributed by atoms with E-state index in [-0.39, 0.29) is 22.1 Å². The number of nitro benzene ring substituents is 1. The molecule has 0 spiro atoms. The molecule has 0 atom stereocenters. The quantitative estimate of drug-likeness (QED) is 0.636. The first-order valence-corrected chi connectivity index (χ1v) is 6.51. The summed E-state index contributed by atoms with van der Waals surface area (Å²) in [7, 11) is 1.75. The largest absolute Gasteiger partial charge is 0.339 e. The summed E-state index contributed by atoms with van der Waals surface area (Å²) in [5.41, 5.74) is 0.265. The Morgan fingerprint density at radius 1 is 1.50 bits per heavy atom. The Bertz CT molecular complexity index is 500. The molecule has 1 aromatic rings. The lowest BCUT2D eigenvalue weighted by molar-refractivity contribution is -0.385. The van der Waals surface area contributed by atoms with E-state index in [0.29, 0.717) is 5.56 Å². The summed E-state index contributed by atoms with van der Waals surface area (Å²) in [6, 6.07) is 4.78. The Balaban J connectivity index is 2.30. The number of rotatable bonds is 3. The molecule has 0 bridgehead atoms. The SMILES string of the molecule is CN(C(=O)c1cccc([N+](=O)[O-])c1Br)C1CCC1. The summed E-state index contributed by atoms with van der Waals surface area (Å²) in [6.45, 7) is 0. The van der Waals surface area contributed by atoms with Gasteiger partial charge in [-0.1, -0.05) is 6.07 Å². The third-order valence-corrected chi connectivity index (χ3v) is 4.18. The average Bonchev–Trinajstić information content (AvgIpc) is 2.25. The number of nitrogens with zero attached hydrogens (tertiary/aromatic N) is 2. The van der Waals surface area contributed by atoms with Gasteiger partial charge in [-0.25, -0.2) is 0 Å². The van der Waals surface area contributed by atoms with E-state index in [4.69, 9.17) is 0 Å². The Morgan fingerprint density at radius 2 is 2.17 bits per heavy atom. The van der Waals surface area contributed by atoms with Crippen LogP contribution in [0.5, 0.6) is 0 Å². The maximum absolute atomic E-state index is 12.2. The lowest BCUT2D eigenvalue weighted by atomic mass is 9.91. The second kappa shape index (κ2) is 5.06. The van der Waals surface area contributed by atoms with Crippen molar-refractivity contribution in [1.29, 1.82) is 0 Å². The van der Waals surface area contributed by atoms with Crippen molar-refractivity contribution in [2.24, 2.45) is 0 Å². The molecule has 2 rings (SSSR count). The smallest absolute Gasteiger partial charge is 0.284 e. The maximum atomic E-state index is 12.2. The number of halogens is 1. The van der Waals surface area contributed by atoms with E-state index >= 15 is 0 Å². The highest BCUT2D eigenvalue weighted by Crippen LogP contribution is 2.31. The van der Waals surface area contributed by atoms with E-state index in [1.807, 2.05) is 0 Å². The predicted molar refractivity (Wildman–Crippen MR) is 70.5 cm³/mol. The third kappa shape index (κ3) is 2.25. The van der Waals surface area contributed by atoms with Crippen LogP contribution in [0.1, 0.15) is 29.6 Å². The fourth-order valence-electron chi connectivity index (χ4n) is 1.96. The first-order chi connectivity index (χ1) is 8.52. The van der Waals surface area contributed by atoms with E-state index in [9.17, 15) is 14.9 Å². The Kier molecular flexibility index (Phi) is 3.65. The van der Waals surface area contributed by atoms with Gasteiger partial charge in [0.15, 0.2) is 0 Å². The van der Waals surface area contributed by atoms with Gasteiger partial charge in [0.05, 0.1) is 10.5 Å². The second-order valence-electron chi connectivity index (χ2n) is 4.40. The second-order valence-corrected chi connectivity index (χ2v) is 5.19. The molecule has 1 fully saturated rings. The highest BCUT2D eigenvalue weighted by molar-refractivity contribution is 9.10. The van der Waals surface area contributed by atoms with Crippen molar-refractivity contribution in [1.82, 2.24) is 4.90 Å². The minimum absolute atomic E-state index is 0.0807. The van der Waals surface area contributed by atoms with Crippen LogP contribution in [0, 0.1) is 10.1 Å². The molecule has 0 heterocycles. The molecule has 1 amide bonds. The summed E-state index contributed by atoms with van der Waals surface area (Å²) in [5.74, 6) is -0.171. The van der Waals surface area contributed by atoms with E-state index in [1.165, 1.54) is 12.1 Å². The van der Waals surface area contributed by atoms with Gasteiger partial charge in [0.25, 0.3) is 11.6 Å². The average molecular weight is 313 g/mol. The van der Waals surface area contributed by atoms with Crippen LogP contribution in [0.2, 0.25) is 0 Å². The summed E-state index contributed by atoms with van der Waals surface area (Å²) in [6.07, 6.45) is 3.15. The summed E-state index contributed by atoms with van der Waals surface area (Å²) in [4.78, 5) is 24.2. The molecule has 1 aliphatic carbocycles. The number of hydrogen-bond donors (Lipinski definition) is 0. The van der Waals surface area contributed by atoms with E-state index < -0.39 is 4.92 Å². The van der Waals surface area contributed by atoms with Gasteiger partial charge in [-0.15, -0.1) is 0 Å². The van der Waals surface area contributed by atoms with Crippen LogP contribution in [0.4, 0.5) is 5.69 Å². The first kappa shape index (κ1) is 13.0. The van der Waals surface area contributed by atoms with Crippen LogP contribution >= 0.6 is 15.9 Å². The lowest BCUT2D eigenvalue weighted by Crippen LogP contribution is -2.41. The molecule has 18 heavy (non-hydrogen) atoms. The normalized spacial score (nSPS) is 15.0. The number of carbonyl (C=O) groups excluding carboxylic acids is 1. The molecular formula is C12H13BrN2O3. The number of benzene rings is 1. The molecule has 5 nitrogen and oxygen atoms in total.